The molecule has 1 aliphatic rings. The van der Waals surface area contributed by atoms with E-state index in [9.17, 15) is 5.21 Å². The highest BCUT2D eigenvalue weighted by Gasteiger charge is 2.15. The SMILES string of the molecule is ON=C(Cc1ccccc1)c1ccc2c(c1)OCO2. The predicted octanol–water partition coefficient (Wildman–Crippen LogP) is 2.84. The summed E-state index contributed by atoms with van der Waals surface area (Å²) in [4.78, 5) is 0. The highest BCUT2D eigenvalue weighted by atomic mass is 16.7. The van der Waals surface area contributed by atoms with Crippen molar-refractivity contribution in [3.63, 3.8) is 0 Å². The minimum atomic E-state index is 0.239. The fourth-order valence-electron chi connectivity index (χ4n) is 2.06. The summed E-state index contributed by atoms with van der Waals surface area (Å²) < 4.78 is 10.6. The van der Waals surface area contributed by atoms with Crippen molar-refractivity contribution in [2.24, 2.45) is 5.16 Å². The van der Waals surface area contributed by atoms with Crippen molar-refractivity contribution >= 4 is 5.71 Å². The Labute approximate surface area is 110 Å². The first-order valence-corrected chi connectivity index (χ1v) is 6.02. The largest absolute Gasteiger partial charge is 0.454 e. The van der Waals surface area contributed by atoms with Crippen molar-refractivity contribution in [1.29, 1.82) is 0 Å². The lowest BCUT2D eigenvalue weighted by Crippen LogP contribution is -2.05. The first kappa shape index (κ1) is 11.6. The van der Waals surface area contributed by atoms with Crippen LogP contribution in [0, 0.1) is 0 Å². The van der Waals surface area contributed by atoms with Crippen LogP contribution in [-0.2, 0) is 6.42 Å². The maximum absolute atomic E-state index is 9.21. The summed E-state index contributed by atoms with van der Waals surface area (Å²) in [6.07, 6.45) is 0.566. The lowest BCUT2D eigenvalue weighted by atomic mass is 10.0. The monoisotopic (exact) mass is 255 g/mol. The molecule has 4 heteroatoms. The van der Waals surface area contributed by atoms with E-state index in [2.05, 4.69) is 5.16 Å². The molecule has 96 valence electrons. The first-order chi connectivity index (χ1) is 9.36. The zero-order valence-corrected chi connectivity index (χ0v) is 10.2. The molecule has 0 aromatic heterocycles. The lowest BCUT2D eigenvalue weighted by molar-refractivity contribution is 0.174. The van der Waals surface area contributed by atoms with E-state index in [4.69, 9.17) is 9.47 Å². The van der Waals surface area contributed by atoms with Gasteiger partial charge in [0.1, 0.15) is 0 Å². The standard InChI is InChI=1S/C15H13NO3/c17-16-13(8-11-4-2-1-3-5-11)12-6-7-14-15(9-12)19-10-18-14/h1-7,9,17H,8,10H2. The molecule has 19 heavy (non-hydrogen) atoms. The molecular weight excluding hydrogens is 242 g/mol. The molecule has 0 bridgehead atoms. The van der Waals surface area contributed by atoms with Gasteiger partial charge < -0.3 is 14.7 Å². The molecule has 1 heterocycles. The Morgan fingerprint density at radius 2 is 1.84 bits per heavy atom. The van der Waals surface area contributed by atoms with Gasteiger partial charge in [0, 0.05) is 12.0 Å². The van der Waals surface area contributed by atoms with E-state index in [1.54, 1.807) is 0 Å². The average molecular weight is 255 g/mol. The van der Waals surface area contributed by atoms with Gasteiger partial charge >= 0.3 is 0 Å². The maximum Gasteiger partial charge on any atom is 0.231 e. The number of hydrogen-bond acceptors (Lipinski definition) is 4. The van der Waals surface area contributed by atoms with E-state index in [0.717, 1.165) is 16.9 Å². The van der Waals surface area contributed by atoms with Gasteiger partial charge in [-0.05, 0) is 23.8 Å². The summed E-state index contributed by atoms with van der Waals surface area (Å²) in [5.74, 6) is 1.41. The smallest absolute Gasteiger partial charge is 0.231 e. The van der Waals surface area contributed by atoms with Crippen LogP contribution in [0.15, 0.2) is 53.7 Å². The fourth-order valence-corrected chi connectivity index (χ4v) is 2.06. The van der Waals surface area contributed by atoms with Crippen molar-refractivity contribution in [2.45, 2.75) is 6.42 Å². The number of fused-ring (bicyclic) bond motifs is 1. The normalized spacial score (nSPS) is 13.6. The van der Waals surface area contributed by atoms with E-state index in [1.165, 1.54) is 0 Å². The second-order valence-electron chi connectivity index (χ2n) is 4.28. The van der Waals surface area contributed by atoms with E-state index in [1.807, 2.05) is 48.5 Å². The number of hydrogen-bond donors (Lipinski definition) is 1. The van der Waals surface area contributed by atoms with E-state index >= 15 is 0 Å². The molecular formula is C15H13NO3. The van der Waals surface area contributed by atoms with Gasteiger partial charge in [0.15, 0.2) is 11.5 Å². The van der Waals surface area contributed by atoms with Crippen LogP contribution in [-0.4, -0.2) is 17.7 Å². The van der Waals surface area contributed by atoms with Crippen molar-refractivity contribution in [3.05, 3.63) is 59.7 Å². The Hall–Kier alpha value is -2.49. The summed E-state index contributed by atoms with van der Waals surface area (Å²) in [6, 6.07) is 15.4. The summed E-state index contributed by atoms with van der Waals surface area (Å²) >= 11 is 0. The highest BCUT2D eigenvalue weighted by molar-refractivity contribution is 6.02. The van der Waals surface area contributed by atoms with Crippen LogP contribution in [0.5, 0.6) is 11.5 Å². The Kier molecular flexibility index (Phi) is 3.06. The summed E-state index contributed by atoms with van der Waals surface area (Å²) in [5, 5.41) is 12.6. The molecule has 0 spiro atoms. The van der Waals surface area contributed by atoms with Gasteiger partial charge in [-0.15, -0.1) is 0 Å². The van der Waals surface area contributed by atoms with Crippen LogP contribution >= 0.6 is 0 Å². The molecule has 2 aromatic carbocycles. The summed E-state index contributed by atoms with van der Waals surface area (Å²) in [5.41, 5.74) is 2.52. The molecule has 1 aliphatic heterocycles. The number of oxime groups is 1. The second-order valence-corrected chi connectivity index (χ2v) is 4.28. The molecule has 2 aromatic rings. The van der Waals surface area contributed by atoms with Gasteiger partial charge in [0.2, 0.25) is 6.79 Å². The zero-order chi connectivity index (χ0) is 13.1. The molecule has 1 N–H and O–H groups in total. The first-order valence-electron chi connectivity index (χ1n) is 6.02. The predicted molar refractivity (Wildman–Crippen MR) is 71.0 cm³/mol. The minimum absolute atomic E-state index is 0.239. The van der Waals surface area contributed by atoms with Crippen LogP contribution < -0.4 is 9.47 Å². The fraction of sp³-hybridized carbons (Fsp3) is 0.133. The number of nitrogens with zero attached hydrogens (tertiary/aromatic N) is 1. The molecule has 0 atom stereocenters. The van der Waals surface area contributed by atoms with E-state index in [-0.39, 0.29) is 6.79 Å². The molecule has 0 aliphatic carbocycles. The lowest BCUT2D eigenvalue weighted by Gasteiger charge is -2.06. The maximum atomic E-state index is 9.21. The van der Waals surface area contributed by atoms with Crippen molar-refractivity contribution < 1.29 is 14.7 Å². The highest BCUT2D eigenvalue weighted by Crippen LogP contribution is 2.32. The number of ether oxygens (including phenoxy) is 2. The van der Waals surface area contributed by atoms with Crippen LogP contribution in [0.25, 0.3) is 0 Å². The quantitative estimate of drug-likeness (QED) is 0.521. The number of rotatable bonds is 3. The van der Waals surface area contributed by atoms with Gasteiger partial charge in [-0.25, -0.2) is 0 Å². The van der Waals surface area contributed by atoms with Gasteiger partial charge in [-0.1, -0.05) is 35.5 Å². The van der Waals surface area contributed by atoms with E-state index < -0.39 is 0 Å². The Morgan fingerprint density at radius 3 is 2.63 bits per heavy atom. The van der Waals surface area contributed by atoms with Crippen LogP contribution in [0.4, 0.5) is 0 Å². The Morgan fingerprint density at radius 1 is 1.05 bits per heavy atom. The summed E-state index contributed by atoms with van der Waals surface area (Å²) in [6.45, 7) is 0.239. The van der Waals surface area contributed by atoms with E-state index in [0.29, 0.717) is 17.9 Å². The van der Waals surface area contributed by atoms with Gasteiger partial charge in [0.25, 0.3) is 0 Å². The van der Waals surface area contributed by atoms with Crippen molar-refractivity contribution in [3.8, 4) is 11.5 Å². The Balaban J connectivity index is 1.87. The molecule has 0 radical (unpaired) electrons. The van der Waals surface area contributed by atoms with Crippen LogP contribution in [0.2, 0.25) is 0 Å². The van der Waals surface area contributed by atoms with Crippen LogP contribution in [0.3, 0.4) is 0 Å². The third-order valence-corrected chi connectivity index (χ3v) is 3.04. The topological polar surface area (TPSA) is 51.1 Å². The second kappa shape index (κ2) is 5.02. The summed E-state index contributed by atoms with van der Waals surface area (Å²) in [7, 11) is 0. The minimum Gasteiger partial charge on any atom is -0.454 e. The molecule has 0 fully saturated rings. The average Bonchev–Trinajstić information content (AvgIpc) is 2.93. The molecule has 0 saturated heterocycles. The van der Waals surface area contributed by atoms with Gasteiger partial charge in [-0.3, -0.25) is 0 Å². The Bertz CT molecular complexity index is 608. The third kappa shape index (κ3) is 2.38. The molecule has 0 amide bonds. The zero-order valence-electron chi connectivity index (χ0n) is 10.2. The van der Waals surface area contributed by atoms with Gasteiger partial charge in [-0.2, -0.15) is 0 Å². The molecule has 4 nitrogen and oxygen atoms in total. The molecule has 0 saturated carbocycles. The van der Waals surface area contributed by atoms with Crippen LogP contribution in [0.1, 0.15) is 11.1 Å². The molecule has 0 unspecified atom stereocenters. The number of benzene rings is 2. The molecule has 3 rings (SSSR count). The third-order valence-electron chi connectivity index (χ3n) is 3.04. The van der Waals surface area contributed by atoms with Crippen molar-refractivity contribution in [2.75, 3.05) is 6.79 Å². The van der Waals surface area contributed by atoms with Gasteiger partial charge in [0.05, 0.1) is 5.71 Å². The van der Waals surface area contributed by atoms with Crippen molar-refractivity contribution in [1.82, 2.24) is 0 Å².